The molecule has 0 aliphatic heterocycles. The molecule has 0 bridgehead atoms. The minimum Gasteiger partial charge on any atom is -0.493 e. The molecule has 2 N–H and O–H groups in total. The van der Waals surface area contributed by atoms with Gasteiger partial charge in [-0.1, -0.05) is 11.8 Å². The maximum Gasteiger partial charge on any atom is 0.269 e. The van der Waals surface area contributed by atoms with E-state index in [1.807, 2.05) is 20.8 Å². The number of hydrazine groups is 1. The van der Waals surface area contributed by atoms with Crippen molar-refractivity contribution in [3.8, 4) is 23.3 Å². The van der Waals surface area contributed by atoms with Gasteiger partial charge in [-0.25, -0.2) is 4.98 Å². The summed E-state index contributed by atoms with van der Waals surface area (Å²) < 4.78 is 15.7. The first-order chi connectivity index (χ1) is 14.8. The van der Waals surface area contributed by atoms with E-state index in [1.165, 1.54) is 33.5 Å². The Balaban J connectivity index is 2.04. The molecule has 2 rings (SSSR count). The molecule has 1 aromatic heterocycles. The molecular weight excluding hydrogens is 420 g/mol. The SMILES string of the molecule is COc1cc(C(=O)NNC(=O)CSc2nc(C)c(C)c(C)c2C#N)cc(OC)c1OC. The maximum atomic E-state index is 12.4. The van der Waals surface area contributed by atoms with Crippen LogP contribution in [0.5, 0.6) is 17.2 Å². The number of hydrogen-bond donors (Lipinski definition) is 2. The van der Waals surface area contributed by atoms with Gasteiger partial charge < -0.3 is 14.2 Å². The smallest absolute Gasteiger partial charge is 0.269 e. The number of amides is 2. The summed E-state index contributed by atoms with van der Waals surface area (Å²) in [6, 6.07) is 5.08. The summed E-state index contributed by atoms with van der Waals surface area (Å²) in [4.78, 5) is 29.1. The van der Waals surface area contributed by atoms with Crippen LogP contribution in [0.25, 0.3) is 0 Å². The molecule has 1 heterocycles. The Hall–Kier alpha value is -3.45. The van der Waals surface area contributed by atoms with Crippen LogP contribution in [-0.4, -0.2) is 43.9 Å². The van der Waals surface area contributed by atoms with Crippen molar-refractivity contribution in [1.82, 2.24) is 15.8 Å². The standard InChI is InChI=1S/C21H24N4O5S/c1-11-12(2)15(9-22)21(23-13(11)3)31-10-18(26)24-25-20(27)14-7-16(28-4)19(30-6)17(8-14)29-5/h7-8H,10H2,1-6H3,(H,24,26)(H,25,27). The second-order valence-electron chi connectivity index (χ2n) is 6.44. The molecule has 31 heavy (non-hydrogen) atoms. The first kappa shape index (κ1) is 23.8. The maximum absolute atomic E-state index is 12.4. The number of methoxy groups -OCH3 is 3. The minimum absolute atomic E-state index is 0.0286. The highest BCUT2D eigenvalue weighted by Gasteiger charge is 2.18. The molecule has 9 nitrogen and oxygen atoms in total. The van der Waals surface area contributed by atoms with Gasteiger partial charge in [0.1, 0.15) is 11.1 Å². The number of aromatic nitrogens is 1. The molecule has 0 unspecified atom stereocenters. The number of carbonyl (C=O) groups is 2. The molecule has 0 fully saturated rings. The van der Waals surface area contributed by atoms with Crippen LogP contribution < -0.4 is 25.1 Å². The van der Waals surface area contributed by atoms with E-state index >= 15 is 0 Å². The van der Waals surface area contributed by atoms with Crippen molar-refractivity contribution >= 4 is 23.6 Å². The number of nitrogens with zero attached hydrogens (tertiary/aromatic N) is 2. The van der Waals surface area contributed by atoms with E-state index in [-0.39, 0.29) is 11.3 Å². The topological polar surface area (TPSA) is 123 Å². The number of thioether (sulfide) groups is 1. The predicted octanol–water partition coefficient (Wildman–Crippen LogP) is 2.46. The summed E-state index contributed by atoms with van der Waals surface area (Å²) in [5.74, 6) is -0.0587. The number of aryl methyl sites for hydroxylation is 1. The van der Waals surface area contributed by atoms with Crippen LogP contribution in [0.2, 0.25) is 0 Å². The Kier molecular flexibility index (Phi) is 8.10. The number of hydrogen-bond acceptors (Lipinski definition) is 8. The number of nitriles is 1. The highest BCUT2D eigenvalue weighted by molar-refractivity contribution is 8.00. The fourth-order valence-electron chi connectivity index (χ4n) is 2.73. The van der Waals surface area contributed by atoms with E-state index in [2.05, 4.69) is 21.9 Å². The van der Waals surface area contributed by atoms with Crippen LogP contribution in [-0.2, 0) is 4.79 Å². The second-order valence-corrected chi connectivity index (χ2v) is 7.41. The molecule has 0 saturated carbocycles. The second kappa shape index (κ2) is 10.5. The largest absolute Gasteiger partial charge is 0.493 e. The van der Waals surface area contributed by atoms with E-state index in [1.54, 1.807) is 0 Å². The van der Waals surface area contributed by atoms with Crippen molar-refractivity contribution in [2.24, 2.45) is 0 Å². The van der Waals surface area contributed by atoms with E-state index < -0.39 is 11.8 Å². The van der Waals surface area contributed by atoms with Crippen molar-refractivity contribution in [1.29, 1.82) is 5.26 Å². The summed E-state index contributed by atoms with van der Waals surface area (Å²) in [6.07, 6.45) is 0. The molecular formula is C21H24N4O5S. The van der Waals surface area contributed by atoms with Crippen LogP contribution in [0, 0.1) is 32.1 Å². The van der Waals surface area contributed by atoms with Crippen molar-refractivity contribution in [2.45, 2.75) is 25.8 Å². The first-order valence-electron chi connectivity index (χ1n) is 9.17. The summed E-state index contributed by atoms with van der Waals surface area (Å²) >= 11 is 1.13. The molecule has 0 saturated heterocycles. The fourth-order valence-corrected chi connectivity index (χ4v) is 3.61. The Morgan fingerprint density at radius 2 is 1.65 bits per heavy atom. The third-order valence-electron chi connectivity index (χ3n) is 4.66. The van der Waals surface area contributed by atoms with Crippen LogP contribution >= 0.6 is 11.8 Å². The number of pyridine rings is 1. The lowest BCUT2D eigenvalue weighted by Gasteiger charge is -2.14. The molecule has 0 radical (unpaired) electrons. The lowest BCUT2D eigenvalue weighted by Crippen LogP contribution is -2.42. The number of rotatable bonds is 7. The fraction of sp³-hybridized carbons (Fsp3) is 0.333. The van der Waals surface area contributed by atoms with Crippen LogP contribution in [0.3, 0.4) is 0 Å². The molecule has 10 heteroatoms. The Morgan fingerprint density at radius 1 is 1.03 bits per heavy atom. The number of nitrogens with one attached hydrogen (secondary N) is 2. The number of ether oxygens (including phenoxy) is 3. The lowest BCUT2D eigenvalue weighted by molar-refractivity contribution is -0.119. The van der Waals surface area contributed by atoms with Gasteiger partial charge in [-0.05, 0) is 44.0 Å². The van der Waals surface area contributed by atoms with Crippen LogP contribution in [0.1, 0.15) is 32.7 Å². The van der Waals surface area contributed by atoms with E-state index in [9.17, 15) is 14.9 Å². The molecule has 1 aromatic carbocycles. The number of benzene rings is 1. The van der Waals surface area contributed by atoms with Gasteiger partial charge in [0.2, 0.25) is 11.7 Å². The lowest BCUT2D eigenvalue weighted by atomic mass is 10.1. The van der Waals surface area contributed by atoms with Gasteiger partial charge in [0.05, 0.1) is 32.6 Å². The van der Waals surface area contributed by atoms with Gasteiger partial charge in [-0.15, -0.1) is 0 Å². The Morgan fingerprint density at radius 3 is 2.16 bits per heavy atom. The normalized spacial score (nSPS) is 10.1. The van der Waals surface area contributed by atoms with Crippen molar-refractivity contribution in [3.05, 3.63) is 40.1 Å². The van der Waals surface area contributed by atoms with Crippen LogP contribution in [0.15, 0.2) is 17.2 Å². The molecule has 0 spiro atoms. The van der Waals surface area contributed by atoms with Gasteiger partial charge in [-0.2, -0.15) is 5.26 Å². The zero-order valence-corrected chi connectivity index (χ0v) is 19.0. The number of carbonyl (C=O) groups excluding carboxylic acids is 2. The molecule has 0 atom stereocenters. The van der Waals surface area contributed by atoms with E-state index in [4.69, 9.17) is 14.2 Å². The zero-order chi connectivity index (χ0) is 23.1. The van der Waals surface area contributed by atoms with Gasteiger partial charge >= 0.3 is 0 Å². The molecule has 164 valence electrons. The van der Waals surface area contributed by atoms with E-state index in [0.717, 1.165) is 28.6 Å². The van der Waals surface area contributed by atoms with Gasteiger partial charge in [-0.3, -0.25) is 20.4 Å². The van der Waals surface area contributed by atoms with Gasteiger partial charge in [0.15, 0.2) is 11.5 Å². The highest BCUT2D eigenvalue weighted by Crippen LogP contribution is 2.38. The highest BCUT2D eigenvalue weighted by atomic mass is 32.2. The summed E-state index contributed by atoms with van der Waals surface area (Å²) in [6.45, 7) is 5.61. The monoisotopic (exact) mass is 444 g/mol. The molecule has 0 aliphatic rings. The zero-order valence-electron chi connectivity index (χ0n) is 18.2. The average molecular weight is 445 g/mol. The van der Waals surface area contributed by atoms with Crippen molar-refractivity contribution in [3.63, 3.8) is 0 Å². The van der Waals surface area contributed by atoms with Crippen LogP contribution in [0.4, 0.5) is 0 Å². The summed E-state index contributed by atoms with van der Waals surface area (Å²) in [7, 11) is 4.34. The minimum atomic E-state index is -0.560. The molecule has 2 aromatic rings. The third-order valence-corrected chi connectivity index (χ3v) is 5.63. The Bertz CT molecular complexity index is 1020. The summed E-state index contributed by atoms with van der Waals surface area (Å²) in [5.41, 5.74) is 7.94. The first-order valence-corrected chi connectivity index (χ1v) is 10.2. The van der Waals surface area contributed by atoms with E-state index in [0.29, 0.717) is 27.8 Å². The molecule has 2 amide bonds. The van der Waals surface area contributed by atoms with Gasteiger partial charge in [0.25, 0.3) is 5.91 Å². The van der Waals surface area contributed by atoms with Gasteiger partial charge in [0, 0.05) is 11.3 Å². The molecule has 0 aliphatic carbocycles. The van der Waals surface area contributed by atoms with Crippen molar-refractivity contribution in [2.75, 3.05) is 27.1 Å². The third kappa shape index (κ3) is 5.38. The Labute approximate surface area is 185 Å². The predicted molar refractivity (Wildman–Crippen MR) is 116 cm³/mol. The summed E-state index contributed by atoms with van der Waals surface area (Å²) in [5, 5.41) is 9.90. The quantitative estimate of drug-likeness (QED) is 0.493. The average Bonchev–Trinajstić information content (AvgIpc) is 2.78. The van der Waals surface area contributed by atoms with Crippen molar-refractivity contribution < 1.29 is 23.8 Å².